The molecular weight excluding hydrogens is 246 g/mol. The average molecular weight is 268 g/mol. The number of nitrogens with zero attached hydrogens (tertiary/aromatic N) is 2. The maximum absolute atomic E-state index is 10.5. The zero-order valence-corrected chi connectivity index (χ0v) is 11.5. The number of aromatic amines is 1. The number of carbonyl (C=O) groups is 1. The molecule has 0 saturated carbocycles. The van der Waals surface area contributed by atoms with Gasteiger partial charge in [0.1, 0.15) is 13.2 Å². The fourth-order valence-corrected chi connectivity index (χ4v) is 2.19. The molecule has 2 rings (SSSR count). The molecule has 0 fully saturated rings. The van der Waals surface area contributed by atoms with Crippen LogP contribution in [-0.2, 0) is 33.7 Å². The van der Waals surface area contributed by atoms with Crippen molar-refractivity contribution in [2.45, 2.75) is 45.6 Å². The van der Waals surface area contributed by atoms with Crippen molar-refractivity contribution in [2.75, 3.05) is 19.8 Å². The van der Waals surface area contributed by atoms with Gasteiger partial charge in [-0.25, -0.2) is 0 Å². The van der Waals surface area contributed by atoms with Crippen LogP contribution in [0.1, 0.15) is 37.8 Å². The third-order valence-electron chi connectivity index (χ3n) is 3.14. The van der Waals surface area contributed by atoms with Crippen molar-refractivity contribution in [1.82, 2.24) is 10.1 Å². The standard InChI is InChI=1S/C13H21N3O3/c1-11(17)19-10-9-18-8-6-12-14-13-5-3-2-4-7-16(13)15-12/h2-10H2,1H3/p+1. The molecule has 1 N–H and O–H groups in total. The van der Waals surface area contributed by atoms with Crippen molar-refractivity contribution >= 4 is 5.97 Å². The number of rotatable bonds is 6. The van der Waals surface area contributed by atoms with Crippen LogP contribution in [0, 0.1) is 0 Å². The van der Waals surface area contributed by atoms with Crippen LogP contribution in [0.15, 0.2) is 0 Å². The molecule has 1 aromatic heterocycles. The number of nitrogens with one attached hydrogen (secondary N) is 1. The lowest BCUT2D eigenvalue weighted by Gasteiger charge is -2.02. The summed E-state index contributed by atoms with van der Waals surface area (Å²) in [6, 6.07) is 0. The first kappa shape index (κ1) is 14.0. The van der Waals surface area contributed by atoms with E-state index < -0.39 is 0 Å². The smallest absolute Gasteiger partial charge is 0.319 e. The van der Waals surface area contributed by atoms with E-state index in [1.54, 1.807) is 0 Å². The Bertz CT molecular complexity index is 394. The van der Waals surface area contributed by atoms with Gasteiger partial charge < -0.3 is 9.47 Å². The average Bonchev–Trinajstić information content (AvgIpc) is 2.63. The maximum Gasteiger partial charge on any atom is 0.319 e. The molecule has 2 heterocycles. The lowest BCUT2D eigenvalue weighted by atomic mass is 10.2. The monoisotopic (exact) mass is 268 g/mol. The second-order valence-electron chi connectivity index (χ2n) is 4.75. The molecule has 1 aliphatic rings. The molecule has 0 radical (unpaired) electrons. The predicted octanol–water partition coefficient (Wildman–Crippen LogP) is 0.546. The number of H-pyrrole nitrogens is 1. The Kier molecular flexibility index (Phi) is 5.32. The zero-order valence-electron chi connectivity index (χ0n) is 11.5. The van der Waals surface area contributed by atoms with Crippen molar-refractivity contribution in [2.24, 2.45) is 0 Å². The molecule has 19 heavy (non-hydrogen) atoms. The predicted molar refractivity (Wildman–Crippen MR) is 67.5 cm³/mol. The maximum atomic E-state index is 10.5. The quantitative estimate of drug-likeness (QED) is 0.465. The van der Waals surface area contributed by atoms with Gasteiger partial charge in [0.25, 0.3) is 5.82 Å². The summed E-state index contributed by atoms with van der Waals surface area (Å²) in [5, 5.41) is 3.32. The van der Waals surface area contributed by atoms with Crippen molar-refractivity contribution < 1.29 is 19.0 Å². The number of aryl methyl sites for hydroxylation is 2. The summed E-state index contributed by atoms with van der Waals surface area (Å²) in [6.07, 6.45) is 5.55. The van der Waals surface area contributed by atoms with E-state index in [0.29, 0.717) is 19.8 Å². The molecule has 1 aliphatic heterocycles. The summed E-state index contributed by atoms with van der Waals surface area (Å²) >= 11 is 0. The number of ether oxygens (including phenoxy) is 2. The molecule has 0 spiro atoms. The molecule has 1 aromatic rings. The second kappa shape index (κ2) is 7.23. The van der Waals surface area contributed by atoms with E-state index in [1.807, 2.05) is 0 Å². The Morgan fingerprint density at radius 2 is 2.21 bits per heavy atom. The minimum absolute atomic E-state index is 0.269. The number of fused-ring (bicyclic) bond motifs is 1. The molecule has 0 amide bonds. The summed E-state index contributed by atoms with van der Waals surface area (Å²) in [5.74, 6) is 1.87. The fraction of sp³-hybridized carbons (Fsp3) is 0.769. The van der Waals surface area contributed by atoms with Gasteiger partial charge >= 0.3 is 11.8 Å². The number of esters is 1. The molecule has 106 valence electrons. The largest absolute Gasteiger partial charge is 0.463 e. The van der Waals surface area contributed by atoms with Crippen LogP contribution in [0.2, 0.25) is 0 Å². The lowest BCUT2D eigenvalue weighted by Crippen LogP contribution is -2.38. The van der Waals surface area contributed by atoms with Crippen molar-refractivity contribution in [3.05, 3.63) is 11.6 Å². The van der Waals surface area contributed by atoms with E-state index in [9.17, 15) is 4.79 Å². The SMILES string of the molecule is CC(=O)OCCOCCc1nc2[n+]([nH]1)CCCCC2. The minimum atomic E-state index is -0.269. The minimum Gasteiger partial charge on any atom is -0.463 e. The third-order valence-corrected chi connectivity index (χ3v) is 3.14. The Labute approximate surface area is 113 Å². The van der Waals surface area contributed by atoms with Gasteiger partial charge in [0, 0.05) is 6.92 Å². The molecule has 0 aliphatic carbocycles. The molecule has 0 bridgehead atoms. The van der Waals surface area contributed by atoms with E-state index in [4.69, 9.17) is 9.47 Å². The second-order valence-corrected chi connectivity index (χ2v) is 4.75. The number of hydrogen-bond donors (Lipinski definition) is 1. The Balaban J connectivity index is 1.67. The van der Waals surface area contributed by atoms with Crippen LogP contribution in [0.5, 0.6) is 0 Å². The molecule has 0 unspecified atom stereocenters. The van der Waals surface area contributed by atoms with Gasteiger partial charge in [0.05, 0.1) is 26.1 Å². The summed E-state index contributed by atoms with van der Waals surface area (Å²) in [4.78, 5) is 15.1. The van der Waals surface area contributed by atoms with Gasteiger partial charge in [-0.05, 0) is 24.2 Å². The first-order chi connectivity index (χ1) is 9.25. The van der Waals surface area contributed by atoms with E-state index in [-0.39, 0.29) is 5.97 Å². The first-order valence-electron chi connectivity index (χ1n) is 6.94. The van der Waals surface area contributed by atoms with Crippen LogP contribution in [0.4, 0.5) is 0 Å². The van der Waals surface area contributed by atoms with E-state index >= 15 is 0 Å². The highest BCUT2D eigenvalue weighted by atomic mass is 16.6. The highest BCUT2D eigenvalue weighted by Crippen LogP contribution is 2.06. The normalized spacial score (nSPS) is 14.8. The first-order valence-corrected chi connectivity index (χ1v) is 6.94. The van der Waals surface area contributed by atoms with E-state index in [1.165, 1.54) is 26.2 Å². The topological polar surface area (TPSA) is 68.1 Å². The Morgan fingerprint density at radius 1 is 1.32 bits per heavy atom. The number of carbonyl (C=O) groups excluding carboxylic acids is 1. The van der Waals surface area contributed by atoms with Crippen LogP contribution >= 0.6 is 0 Å². The van der Waals surface area contributed by atoms with Crippen LogP contribution < -0.4 is 4.68 Å². The molecule has 6 nitrogen and oxygen atoms in total. The molecule has 6 heteroatoms. The zero-order chi connectivity index (χ0) is 13.5. The molecule has 0 atom stereocenters. The van der Waals surface area contributed by atoms with Gasteiger partial charge in [0.15, 0.2) is 0 Å². The fourth-order valence-electron chi connectivity index (χ4n) is 2.19. The lowest BCUT2D eigenvalue weighted by molar-refractivity contribution is -0.757. The van der Waals surface area contributed by atoms with Crippen molar-refractivity contribution in [3.63, 3.8) is 0 Å². The van der Waals surface area contributed by atoms with Gasteiger partial charge in [-0.3, -0.25) is 4.79 Å². The molecule has 0 aromatic carbocycles. The van der Waals surface area contributed by atoms with Crippen molar-refractivity contribution in [3.8, 4) is 0 Å². The van der Waals surface area contributed by atoms with Gasteiger partial charge in [0.2, 0.25) is 0 Å². The van der Waals surface area contributed by atoms with Gasteiger partial charge in [-0.1, -0.05) is 0 Å². The van der Waals surface area contributed by atoms with Crippen LogP contribution in [0.25, 0.3) is 0 Å². The van der Waals surface area contributed by atoms with E-state index in [2.05, 4.69) is 14.8 Å². The Morgan fingerprint density at radius 3 is 3.05 bits per heavy atom. The van der Waals surface area contributed by atoms with Gasteiger partial charge in [-0.15, -0.1) is 0 Å². The third kappa shape index (κ3) is 4.63. The highest BCUT2D eigenvalue weighted by Gasteiger charge is 2.20. The Hall–Kier alpha value is -1.43. The summed E-state index contributed by atoms with van der Waals surface area (Å²) < 4.78 is 12.3. The van der Waals surface area contributed by atoms with Gasteiger partial charge in [-0.2, -0.15) is 9.78 Å². The summed E-state index contributed by atoms with van der Waals surface area (Å²) in [6.45, 7) is 3.78. The molecule has 0 saturated heterocycles. The number of aromatic nitrogens is 3. The highest BCUT2D eigenvalue weighted by molar-refractivity contribution is 5.65. The summed E-state index contributed by atoms with van der Waals surface area (Å²) in [5.41, 5.74) is 0. The molecular formula is C13H22N3O3+. The van der Waals surface area contributed by atoms with Crippen LogP contribution in [0.3, 0.4) is 0 Å². The van der Waals surface area contributed by atoms with Crippen LogP contribution in [-0.4, -0.2) is 35.9 Å². The summed E-state index contributed by atoms with van der Waals surface area (Å²) in [7, 11) is 0. The number of hydrogen-bond acceptors (Lipinski definition) is 4. The van der Waals surface area contributed by atoms with Crippen molar-refractivity contribution in [1.29, 1.82) is 0 Å². The van der Waals surface area contributed by atoms with E-state index in [0.717, 1.165) is 31.0 Å².